The van der Waals surface area contributed by atoms with E-state index in [4.69, 9.17) is 13.9 Å². The van der Waals surface area contributed by atoms with E-state index in [9.17, 15) is 17.6 Å². The maximum Gasteiger partial charge on any atom is 0.260 e. The van der Waals surface area contributed by atoms with E-state index in [1.54, 1.807) is 24.3 Å². The molecule has 0 N–H and O–H groups in total. The first-order valence-corrected chi connectivity index (χ1v) is 13.6. The van der Waals surface area contributed by atoms with Gasteiger partial charge in [-0.25, -0.2) is 17.8 Å². The number of benzene rings is 2. The van der Waals surface area contributed by atoms with Crippen LogP contribution in [0.25, 0.3) is 10.2 Å². The lowest BCUT2D eigenvalue weighted by atomic mass is 10.2. The normalized spacial score (nSPS) is 11.9. The molecule has 0 radical (unpaired) electrons. The number of anilines is 1. The molecule has 0 aliphatic rings. The van der Waals surface area contributed by atoms with Gasteiger partial charge in [0, 0.05) is 32.9 Å². The summed E-state index contributed by atoms with van der Waals surface area (Å²) >= 11 is 1.18. The maximum absolute atomic E-state index is 14.3. The minimum atomic E-state index is -3.84. The molecule has 1 amide bonds. The van der Waals surface area contributed by atoms with Crippen molar-refractivity contribution in [2.24, 2.45) is 0 Å². The summed E-state index contributed by atoms with van der Waals surface area (Å²) in [5.74, 6) is -0.402. The average Bonchev–Trinajstić information content (AvgIpc) is 3.57. The van der Waals surface area contributed by atoms with Crippen molar-refractivity contribution < 1.29 is 31.5 Å². The van der Waals surface area contributed by atoms with Gasteiger partial charge in [0.2, 0.25) is 10.0 Å². The van der Waals surface area contributed by atoms with Crippen LogP contribution < -0.4 is 4.90 Å². The minimum absolute atomic E-state index is 0.0379. The van der Waals surface area contributed by atoms with Gasteiger partial charge in [-0.3, -0.25) is 9.69 Å². The highest BCUT2D eigenvalue weighted by molar-refractivity contribution is 7.89. The number of aromatic nitrogens is 1. The first kappa shape index (κ1) is 26.9. The zero-order valence-corrected chi connectivity index (χ0v) is 21.9. The summed E-state index contributed by atoms with van der Waals surface area (Å²) in [5.41, 5.74) is 0.416. The van der Waals surface area contributed by atoms with Crippen molar-refractivity contribution in [2.75, 3.05) is 45.4 Å². The van der Waals surface area contributed by atoms with Crippen molar-refractivity contribution in [2.45, 2.75) is 11.4 Å². The first-order chi connectivity index (χ1) is 17.8. The quantitative estimate of drug-likeness (QED) is 0.262. The summed E-state index contributed by atoms with van der Waals surface area (Å²) in [6.45, 7) is 0.838. The number of para-hydroxylation sites is 1. The summed E-state index contributed by atoms with van der Waals surface area (Å²) in [6, 6.07) is 13.7. The lowest BCUT2D eigenvalue weighted by Crippen LogP contribution is -2.36. The van der Waals surface area contributed by atoms with E-state index in [1.165, 1.54) is 71.4 Å². The van der Waals surface area contributed by atoms with Crippen LogP contribution in [0.1, 0.15) is 16.1 Å². The van der Waals surface area contributed by atoms with Crippen LogP contribution in [0, 0.1) is 5.82 Å². The van der Waals surface area contributed by atoms with Gasteiger partial charge in [-0.2, -0.15) is 4.31 Å². The number of hydrogen-bond acceptors (Lipinski definition) is 8. The van der Waals surface area contributed by atoms with Crippen LogP contribution in [0.2, 0.25) is 0 Å². The fraction of sp³-hybridized carbons (Fsp3) is 0.280. The number of furan rings is 1. The van der Waals surface area contributed by atoms with Crippen LogP contribution in [0.4, 0.5) is 9.52 Å². The topological polar surface area (TPSA) is 102 Å². The molecule has 0 bridgehead atoms. The third-order valence-electron chi connectivity index (χ3n) is 5.56. The Hall–Kier alpha value is -3.16. The Morgan fingerprint density at radius 2 is 1.73 bits per heavy atom. The summed E-state index contributed by atoms with van der Waals surface area (Å²) in [5, 5.41) is 0.295. The van der Waals surface area contributed by atoms with Crippen LogP contribution in [0.5, 0.6) is 0 Å². The highest BCUT2D eigenvalue weighted by atomic mass is 32.2. The molecule has 0 unspecified atom stereocenters. The Morgan fingerprint density at radius 3 is 2.32 bits per heavy atom. The van der Waals surface area contributed by atoms with Gasteiger partial charge < -0.3 is 13.9 Å². The number of nitrogens with zero attached hydrogens (tertiary/aromatic N) is 3. The molecule has 0 saturated carbocycles. The standard InChI is InChI=1S/C25H26FN3O6S2/c1-33-15-12-28(13-16-34-2)37(31,32)20-10-8-18(9-11-20)24(30)29(17-19-5-4-14-35-19)25-27-23-21(26)6-3-7-22(23)36-25/h3-11,14H,12-13,15-17H2,1-2H3. The number of methoxy groups -OCH3 is 2. The number of carbonyl (C=O) groups is 1. The lowest BCUT2D eigenvalue weighted by Gasteiger charge is -2.22. The Morgan fingerprint density at radius 1 is 1.03 bits per heavy atom. The highest BCUT2D eigenvalue weighted by Crippen LogP contribution is 2.32. The number of halogens is 1. The molecule has 0 fully saturated rings. The van der Waals surface area contributed by atoms with E-state index in [0.717, 1.165) is 0 Å². The molecule has 4 aromatic rings. The molecule has 12 heteroatoms. The van der Waals surface area contributed by atoms with E-state index in [2.05, 4.69) is 4.98 Å². The second-order valence-electron chi connectivity index (χ2n) is 7.97. The average molecular weight is 548 g/mol. The largest absolute Gasteiger partial charge is 0.467 e. The van der Waals surface area contributed by atoms with Gasteiger partial charge in [-0.15, -0.1) is 0 Å². The number of rotatable bonds is 12. The number of thiazole rings is 1. The minimum Gasteiger partial charge on any atom is -0.467 e. The van der Waals surface area contributed by atoms with Gasteiger partial charge >= 0.3 is 0 Å². The van der Waals surface area contributed by atoms with Crippen molar-refractivity contribution in [3.05, 3.63) is 78.0 Å². The van der Waals surface area contributed by atoms with E-state index >= 15 is 0 Å². The SMILES string of the molecule is COCCN(CCOC)S(=O)(=O)c1ccc(C(=O)N(Cc2ccco2)c2nc3c(F)cccc3s2)cc1. The molecule has 0 saturated heterocycles. The van der Waals surface area contributed by atoms with Crippen molar-refractivity contribution in [3.63, 3.8) is 0 Å². The van der Waals surface area contributed by atoms with E-state index in [-0.39, 0.29) is 48.8 Å². The van der Waals surface area contributed by atoms with Gasteiger partial charge in [0.25, 0.3) is 5.91 Å². The first-order valence-electron chi connectivity index (χ1n) is 11.3. The van der Waals surface area contributed by atoms with Crippen LogP contribution in [-0.4, -0.2) is 64.1 Å². The Balaban J connectivity index is 1.64. The van der Waals surface area contributed by atoms with Gasteiger partial charge in [0.05, 0.1) is 35.6 Å². The number of amides is 1. The number of fused-ring (bicyclic) bond motifs is 1. The van der Waals surface area contributed by atoms with Crippen LogP contribution in [0.15, 0.2) is 70.2 Å². The van der Waals surface area contributed by atoms with Gasteiger partial charge in [0.15, 0.2) is 5.13 Å². The van der Waals surface area contributed by atoms with Crippen molar-refractivity contribution in [3.8, 4) is 0 Å². The van der Waals surface area contributed by atoms with Crippen molar-refractivity contribution in [1.82, 2.24) is 9.29 Å². The molecule has 196 valence electrons. The van der Waals surface area contributed by atoms with E-state index < -0.39 is 21.7 Å². The van der Waals surface area contributed by atoms with Crippen molar-refractivity contribution in [1.29, 1.82) is 0 Å². The molecule has 0 aliphatic heterocycles. The second-order valence-corrected chi connectivity index (χ2v) is 10.9. The smallest absolute Gasteiger partial charge is 0.260 e. The third-order valence-corrected chi connectivity index (χ3v) is 8.51. The predicted molar refractivity (Wildman–Crippen MR) is 138 cm³/mol. The molecule has 2 heterocycles. The fourth-order valence-electron chi connectivity index (χ4n) is 3.62. The molecule has 2 aromatic heterocycles. The number of sulfonamides is 1. The number of ether oxygens (including phenoxy) is 2. The van der Waals surface area contributed by atoms with Crippen molar-refractivity contribution >= 4 is 42.6 Å². The summed E-state index contributed by atoms with van der Waals surface area (Å²) < 4.78 is 58.0. The molecule has 37 heavy (non-hydrogen) atoms. The summed E-state index contributed by atoms with van der Waals surface area (Å²) in [4.78, 5) is 19.4. The van der Waals surface area contributed by atoms with Crippen LogP contribution in [-0.2, 0) is 26.0 Å². The third kappa shape index (κ3) is 6.05. The molecule has 9 nitrogen and oxygen atoms in total. The van der Waals surface area contributed by atoms with E-state index in [0.29, 0.717) is 15.6 Å². The van der Waals surface area contributed by atoms with Gasteiger partial charge in [0.1, 0.15) is 17.1 Å². The zero-order valence-electron chi connectivity index (χ0n) is 20.3. The van der Waals surface area contributed by atoms with Crippen LogP contribution in [0.3, 0.4) is 0 Å². The molecule has 4 rings (SSSR count). The lowest BCUT2D eigenvalue weighted by molar-refractivity contribution is 0.0983. The number of carbonyl (C=O) groups excluding carboxylic acids is 1. The Bertz CT molecular complexity index is 1430. The highest BCUT2D eigenvalue weighted by Gasteiger charge is 2.27. The van der Waals surface area contributed by atoms with Crippen LogP contribution >= 0.6 is 11.3 Å². The molecular formula is C25H26FN3O6S2. The summed E-state index contributed by atoms with van der Waals surface area (Å²) in [7, 11) is -0.850. The number of hydrogen-bond donors (Lipinski definition) is 0. The monoisotopic (exact) mass is 547 g/mol. The molecule has 0 atom stereocenters. The second kappa shape index (κ2) is 11.9. The molecule has 2 aromatic carbocycles. The fourth-order valence-corrected chi connectivity index (χ4v) is 6.00. The predicted octanol–water partition coefficient (Wildman–Crippen LogP) is 4.16. The maximum atomic E-state index is 14.3. The molecule has 0 aliphatic carbocycles. The van der Waals surface area contributed by atoms with Gasteiger partial charge in [-0.1, -0.05) is 17.4 Å². The zero-order chi connectivity index (χ0) is 26.4. The van der Waals surface area contributed by atoms with E-state index in [1.807, 2.05) is 0 Å². The Labute approximate surface area is 218 Å². The van der Waals surface area contributed by atoms with Gasteiger partial charge in [-0.05, 0) is 48.5 Å². The Kier molecular flexibility index (Phi) is 8.67. The molecule has 0 spiro atoms. The molecular weight excluding hydrogens is 521 g/mol. The summed E-state index contributed by atoms with van der Waals surface area (Å²) in [6.07, 6.45) is 1.49.